The number of hydrogen-bond donors (Lipinski definition) is 2. The van der Waals surface area contributed by atoms with Gasteiger partial charge in [-0.05, 0) is 24.9 Å². The van der Waals surface area contributed by atoms with Gasteiger partial charge >= 0.3 is 5.97 Å². The minimum absolute atomic E-state index is 0.0969. The lowest BCUT2D eigenvalue weighted by Gasteiger charge is -2.03. The van der Waals surface area contributed by atoms with E-state index in [-0.39, 0.29) is 12.2 Å². The normalized spacial score (nSPS) is 11.1. The van der Waals surface area contributed by atoms with Gasteiger partial charge in [0.1, 0.15) is 5.76 Å². The average Bonchev–Trinajstić information content (AvgIpc) is 2.25. The molecule has 1 aromatic carbocycles. The van der Waals surface area contributed by atoms with Gasteiger partial charge in [-0.2, -0.15) is 0 Å². The molecule has 78 valence electrons. The molecule has 0 spiro atoms. The zero-order valence-corrected chi connectivity index (χ0v) is 8.05. The predicted octanol–water partition coefficient (Wildman–Crippen LogP) is 2.39. The summed E-state index contributed by atoms with van der Waals surface area (Å²) in [6.07, 6.45) is 1.00. The van der Waals surface area contributed by atoms with Gasteiger partial charge in [-0.1, -0.05) is 12.1 Å². The molecule has 4 nitrogen and oxygen atoms in total. The Kier molecular flexibility index (Phi) is 3.62. The van der Waals surface area contributed by atoms with E-state index in [0.29, 0.717) is 11.3 Å². The summed E-state index contributed by atoms with van der Waals surface area (Å²) in [5.74, 6) is -1.09. The summed E-state index contributed by atoms with van der Waals surface area (Å²) in [5, 5.41) is 18.0. The lowest BCUT2D eigenvalue weighted by Crippen LogP contribution is -1.92. The number of nitrogens with zero attached hydrogens (tertiary/aromatic N) is 1. The number of rotatable bonds is 4. The van der Waals surface area contributed by atoms with Crippen LogP contribution in [0.15, 0.2) is 35.3 Å². The standard InChI is InChI=1S/C11H11NO3/c1-12-9-5-3-2-4-8(9)10(13)6-7-11(14)15/h2-6,13H,1,7H2,(H,14,15)/b10-6+. The van der Waals surface area contributed by atoms with Gasteiger partial charge < -0.3 is 10.2 Å². The monoisotopic (exact) mass is 205 g/mol. The number of carbonyl (C=O) groups is 1. The molecule has 0 radical (unpaired) electrons. The Hall–Kier alpha value is -2.10. The van der Waals surface area contributed by atoms with Crippen LogP contribution in [0.3, 0.4) is 0 Å². The van der Waals surface area contributed by atoms with E-state index in [1.165, 1.54) is 6.08 Å². The first-order chi connectivity index (χ1) is 7.15. The van der Waals surface area contributed by atoms with E-state index in [4.69, 9.17) is 5.11 Å². The van der Waals surface area contributed by atoms with Crippen LogP contribution in [0, 0.1) is 0 Å². The van der Waals surface area contributed by atoms with Gasteiger partial charge in [0.15, 0.2) is 0 Å². The van der Waals surface area contributed by atoms with Crippen molar-refractivity contribution in [2.45, 2.75) is 6.42 Å². The highest BCUT2D eigenvalue weighted by atomic mass is 16.4. The second-order valence-corrected chi connectivity index (χ2v) is 2.86. The Morgan fingerprint density at radius 2 is 2.07 bits per heavy atom. The first-order valence-electron chi connectivity index (χ1n) is 4.32. The fraction of sp³-hybridized carbons (Fsp3) is 0.0909. The zero-order chi connectivity index (χ0) is 11.3. The fourth-order valence-corrected chi connectivity index (χ4v) is 1.12. The number of hydrogen-bond acceptors (Lipinski definition) is 3. The van der Waals surface area contributed by atoms with Crippen LogP contribution in [0.5, 0.6) is 0 Å². The Bertz CT molecular complexity index is 410. The Morgan fingerprint density at radius 3 is 2.67 bits per heavy atom. The van der Waals surface area contributed by atoms with Crippen LogP contribution in [0.2, 0.25) is 0 Å². The molecule has 0 fully saturated rings. The number of aliphatic imine (C=N–C) groups is 1. The van der Waals surface area contributed by atoms with E-state index in [9.17, 15) is 9.90 Å². The lowest BCUT2D eigenvalue weighted by molar-refractivity contribution is -0.136. The molecule has 0 unspecified atom stereocenters. The molecule has 0 aromatic heterocycles. The fourth-order valence-electron chi connectivity index (χ4n) is 1.12. The highest BCUT2D eigenvalue weighted by Crippen LogP contribution is 2.24. The molecular weight excluding hydrogens is 194 g/mol. The summed E-state index contributed by atoms with van der Waals surface area (Å²) >= 11 is 0. The summed E-state index contributed by atoms with van der Waals surface area (Å²) in [6, 6.07) is 6.83. The quantitative estimate of drug-likeness (QED) is 0.585. The molecule has 0 saturated heterocycles. The maximum absolute atomic E-state index is 10.3. The minimum atomic E-state index is -0.995. The van der Waals surface area contributed by atoms with Gasteiger partial charge in [0, 0.05) is 5.56 Å². The smallest absolute Gasteiger partial charge is 0.307 e. The predicted molar refractivity (Wildman–Crippen MR) is 58.5 cm³/mol. The molecule has 1 aromatic rings. The maximum atomic E-state index is 10.3. The third kappa shape index (κ3) is 2.95. The van der Waals surface area contributed by atoms with Crippen LogP contribution in [-0.2, 0) is 4.79 Å². The second kappa shape index (κ2) is 4.95. The molecule has 0 aliphatic carbocycles. The summed E-state index contributed by atoms with van der Waals surface area (Å²) in [7, 11) is 0. The Labute approximate surface area is 87.2 Å². The SMILES string of the molecule is C=Nc1ccccc1/C(O)=C\CC(=O)O. The largest absolute Gasteiger partial charge is 0.508 e. The molecule has 0 aliphatic heterocycles. The molecule has 0 atom stereocenters. The molecule has 0 amide bonds. The van der Waals surface area contributed by atoms with Crippen LogP contribution in [0.1, 0.15) is 12.0 Å². The van der Waals surface area contributed by atoms with Gasteiger partial charge in [-0.3, -0.25) is 9.79 Å². The van der Waals surface area contributed by atoms with Crippen molar-refractivity contribution in [3.05, 3.63) is 35.9 Å². The van der Waals surface area contributed by atoms with Crippen molar-refractivity contribution >= 4 is 24.1 Å². The highest BCUT2D eigenvalue weighted by molar-refractivity contribution is 5.75. The Balaban J connectivity index is 2.99. The molecule has 0 saturated carbocycles. The van der Waals surface area contributed by atoms with Crippen molar-refractivity contribution < 1.29 is 15.0 Å². The Morgan fingerprint density at radius 1 is 1.40 bits per heavy atom. The van der Waals surface area contributed by atoms with Crippen LogP contribution < -0.4 is 0 Å². The number of carboxylic acid groups (broad SMARTS) is 1. The zero-order valence-electron chi connectivity index (χ0n) is 8.05. The topological polar surface area (TPSA) is 69.9 Å². The third-order valence-corrected chi connectivity index (χ3v) is 1.82. The van der Waals surface area contributed by atoms with Crippen LogP contribution in [0.4, 0.5) is 5.69 Å². The van der Waals surface area contributed by atoms with E-state index < -0.39 is 5.97 Å². The first-order valence-corrected chi connectivity index (χ1v) is 4.32. The molecule has 4 heteroatoms. The number of para-hydroxylation sites is 1. The molecule has 0 heterocycles. The van der Waals surface area contributed by atoms with Crippen molar-refractivity contribution in [1.82, 2.24) is 0 Å². The van der Waals surface area contributed by atoms with Gasteiger partial charge in [-0.25, -0.2) is 0 Å². The summed E-state index contributed by atoms with van der Waals surface area (Å²) < 4.78 is 0. The second-order valence-electron chi connectivity index (χ2n) is 2.86. The molecular formula is C11H11NO3. The summed E-state index contributed by atoms with van der Waals surface area (Å²) in [6.45, 7) is 3.36. The van der Waals surface area contributed by atoms with Gasteiger partial charge in [0.2, 0.25) is 0 Å². The molecule has 2 N–H and O–H groups in total. The third-order valence-electron chi connectivity index (χ3n) is 1.82. The molecule has 0 aliphatic rings. The van der Waals surface area contributed by atoms with Gasteiger partial charge in [-0.15, -0.1) is 0 Å². The number of aliphatic carboxylic acids is 1. The van der Waals surface area contributed by atoms with Crippen molar-refractivity contribution in [3.8, 4) is 0 Å². The van der Waals surface area contributed by atoms with E-state index >= 15 is 0 Å². The van der Waals surface area contributed by atoms with E-state index in [1.807, 2.05) is 0 Å². The average molecular weight is 205 g/mol. The van der Waals surface area contributed by atoms with E-state index in [0.717, 1.165) is 0 Å². The number of aliphatic hydroxyl groups excluding tert-OH is 1. The van der Waals surface area contributed by atoms with Crippen molar-refractivity contribution in [2.24, 2.45) is 4.99 Å². The molecule has 15 heavy (non-hydrogen) atoms. The maximum Gasteiger partial charge on any atom is 0.307 e. The number of benzene rings is 1. The van der Waals surface area contributed by atoms with Gasteiger partial charge in [0.25, 0.3) is 0 Å². The van der Waals surface area contributed by atoms with E-state index in [1.54, 1.807) is 24.3 Å². The van der Waals surface area contributed by atoms with Crippen molar-refractivity contribution in [2.75, 3.05) is 0 Å². The van der Waals surface area contributed by atoms with Crippen LogP contribution in [-0.4, -0.2) is 22.9 Å². The van der Waals surface area contributed by atoms with Gasteiger partial charge in [0.05, 0.1) is 12.1 Å². The highest BCUT2D eigenvalue weighted by Gasteiger charge is 2.04. The first kappa shape index (κ1) is 11.0. The van der Waals surface area contributed by atoms with Crippen molar-refractivity contribution in [1.29, 1.82) is 0 Å². The number of carboxylic acids is 1. The lowest BCUT2D eigenvalue weighted by atomic mass is 10.1. The van der Waals surface area contributed by atoms with Crippen molar-refractivity contribution in [3.63, 3.8) is 0 Å². The summed E-state index contributed by atoms with van der Waals surface area (Å²) in [4.78, 5) is 14.0. The molecule has 0 bridgehead atoms. The van der Waals surface area contributed by atoms with E-state index in [2.05, 4.69) is 11.7 Å². The van der Waals surface area contributed by atoms with Crippen LogP contribution >= 0.6 is 0 Å². The molecule has 1 rings (SSSR count). The van der Waals surface area contributed by atoms with Crippen LogP contribution in [0.25, 0.3) is 5.76 Å². The summed E-state index contributed by atoms with van der Waals surface area (Å²) in [5.41, 5.74) is 1.00. The minimum Gasteiger partial charge on any atom is -0.508 e. The number of aliphatic hydroxyl groups is 1.